The number of thioether (sulfide) groups is 1. The van der Waals surface area contributed by atoms with E-state index in [9.17, 15) is 13.2 Å². The van der Waals surface area contributed by atoms with Gasteiger partial charge in [0.25, 0.3) is 0 Å². The van der Waals surface area contributed by atoms with E-state index < -0.39 is 9.84 Å². The van der Waals surface area contributed by atoms with Gasteiger partial charge >= 0.3 is 0 Å². The molecule has 2 aromatic carbocycles. The van der Waals surface area contributed by atoms with Crippen molar-refractivity contribution in [1.29, 1.82) is 0 Å². The Bertz CT molecular complexity index is 967. The van der Waals surface area contributed by atoms with Crippen molar-refractivity contribution >= 4 is 50.7 Å². The Morgan fingerprint density at radius 2 is 1.93 bits per heavy atom. The van der Waals surface area contributed by atoms with Gasteiger partial charge in [-0.1, -0.05) is 29.3 Å². The van der Waals surface area contributed by atoms with Crippen LogP contribution in [0.5, 0.6) is 5.75 Å². The van der Waals surface area contributed by atoms with Crippen LogP contribution in [0.2, 0.25) is 10.0 Å². The summed E-state index contributed by atoms with van der Waals surface area (Å²) < 4.78 is 28.8. The lowest BCUT2D eigenvalue weighted by atomic mass is 10.3. The quantitative estimate of drug-likeness (QED) is 0.384. The van der Waals surface area contributed by atoms with Crippen LogP contribution < -0.4 is 4.74 Å². The average Bonchev–Trinajstić information content (AvgIpc) is 2.66. The smallest absolute Gasteiger partial charge is 0.235 e. The molecule has 2 rings (SSSR count). The number of amides is 1. The van der Waals surface area contributed by atoms with Crippen LogP contribution in [0, 0.1) is 0 Å². The Labute approximate surface area is 186 Å². The van der Waals surface area contributed by atoms with Crippen molar-refractivity contribution in [2.24, 2.45) is 0 Å². The molecule has 1 amide bonds. The van der Waals surface area contributed by atoms with E-state index in [2.05, 4.69) is 0 Å². The van der Waals surface area contributed by atoms with Crippen LogP contribution in [0.15, 0.2) is 52.3 Å². The number of carbonyl (C=O) groups excluding carboxylic acids is 1. The normalized spacial score (nSPS) is 12.4. The molecule has 9 heteroatoms. The molecule has 5 nitrogen and oxygen atoms in total. The predicted molar refractivity (Wildman–Crippen MR) is 119 cm³/mol. The second-order valence-corrected chi connectivity index (χ2v) is 10.8. The van der Waals surface area contributed by atoms with E-state index >= 15 is 0 Å². The van der Waals surface area contributed by atoms with E-state index in [0.717, 1.165) is 11.2 Å². The van der Waals surface area contributed by atoms with Gasteiger partial charge in [0.1, 0.15) is 5.75 Å². The molecule has 158 valence electrons. The molecule has 2 aromatic rings. The lowest BCUT2D eigenvalue weighted by molar-refractivity contribution is -0.129. The SMILES string of the molecule is CC(Sc1cc(Cl)ccc1Cl)C(=O)N(C)CCCOc1cccc(S(C)(=O)=O)c1. The summed E-state index contributed by atoms with van der Waals surface area (Å²) in [7, 11) is -1.54. The van der Waals surface area contributed by atoms with E-state index in [1.54, 1.807) is 42.3 Å². The summed E-state index contributed by atoms with van der Waals surface area (Å²) in [6, 6.07) is 11.5. The molecule has 0 heterocycles. The van der Waals surface area contributed by atoms with Crippen LogP contribution in [-0.4, -0.2) is 50.9 Å². The van der Waals surface area contributed by atoms with Gasteiger partial charge in [0, 0.05) is 29.8 Å². The van der Waals surface area contributed by atoms with Gasteiger partial charge in [-0.3, -0.25) is 4.79 Å². The molecule has 0 aliphatic heterocycles. The van der Waals surface area contributed by atoms with Gasteiger partial charge in [0.2, 0.25) is 5.91 Å². The molecule has 0 radical (unpaired) electrons. The molecule has 0 aliphatic rings. The number of carbonyl (C=O) groups is 1. The molecule has 0 saturated heterocycles. The fourth-order valence-corrected chi connectivity index (χ4v) is 4.70. The Morgan fingerprint density at radius 3 is 2.62 bits per heavy atom. The van der Waals surface area contributed by atoms with Crippen LogP contribution in [0.25, 0.3) is 0 Å². The van der Waals surface area contributed by atoms with E-state index in [-0.39, 0.29) is 16.1 Å². The van der Waals surface area contributed by atoms with Crippen molar-refractivity contribution in [3.05, 3.63) is 52.5 Å². The predicted octanol–water partition coefficient (Wildman–Crippen LogP) is 4.81. The number of rotatable bonds is 9. The lowest BCUT2D eigenvalue weighted by Crippen LogP contribution is -2.34. The van der Waals surface area contributed by atoms with E-state index in [1.807, 2.05) is 6.92 Å². The summed E-state index contributed by atoms with van der Waals surface area (Å²) in [5, 5.41) is 0.816. The zero-order valence-corrected chi connectivity index (χ0v) is 19.5. The maximum atomic E-state index is 12.6. The Morgan fingerprint density at radius 1 is 1.21 bits per heavy atom. The maximum Gasteiger partial charge on any atom is 0.235 e. The number of hydrogen-bond acceptors (Lipinski definition) is 5. The molecule has 1 atom stereocenters. The third-order valence-corrected chi connectivity index (χ3v) is 7.00. The van der Waals surface area contributed by atoms with Crippen LogP contribution in [0.4, 0.5) is 0 Å². The van der Waals surface area contributed by atoms with Crippen LogP contribution in [0.1, 0.15) is 13.3 Å². The number of nitrogens with zero attached hydrogens (tertiary/aromatic N) is 1. The number of halogens is 2. The Balaban J connectivity index is 1.82. The van der Waals surface area contributed by atoms with Gasteiger partial charge in [-0.2, -0.15) is 0 Å². The third kappa shape index (κ3) is 7.41. The van der Waals surface area contributed by atoms with E-state index in [1.165, 1.54) is 23.9 Å². The highest BCUT2D eigenvalue weighted by Gasteiger charge is 2.19. The summed E-state index contributed by atoms with van der Waals surface area (Å²) >= 11 is 13.5. The second kappa shape index (κ2) is 10.6. The first-order chi connectivity index (χ1) is 13.6. The molecule has 0 aromatic heterocycles. The van der Waals surface area contributed by atoms with Crippen LogP contribution >= 0.6 is 35.0 Å². The van der Waals surface area contributed by atoms with Crippen molar-refractivity contribution in [2.45, 2.75) is 28.4 Å². The highest BCUT2D eigenvalue weighted by atomic mass is 35.5. The zero-order chi connectivity index (χ0) is 21.6. The average molecular weight is 476 g/mol. The minimum atomic E-state index is -3.27. The van der Waals surface area contributed by atoms with Gasteiger partial charge in [0.05, 0.1) is 21.8 Å². The summed E-state index contributed by atoms with van der Waals surface area (Å²) in [6.45, 7) is 2.71. The summed E-state index contributed by atoms with van der Waals surface area (Å²) in [4.78, 5) is 15.2. The summed E-state index contributed by atoms with van der Waals surface area (Å²) in [5.74, 6) is 0.464. The Hall–Kier alpha value is -1.41. The summed E-state index contributed by atoms with van der Waals surface area (Å²) in [5.41, 5.74) is 0. The molecule has 0 saturated carbocycles. The van der Waals surface area contributed by atoms with Gasteiger partial charge in [-0.25, -0.2) is 8.42 Å². The minimum absolute atomic E-state index is 0.0230. The number of benzene rings is 2. The molecular weight excluding hydrogens is 453 g/mol. The molecule has 0 bridgehead atoms. The van der Waals surface area contributed by atoms with Crippen LogP contribution in [-0.2, 0) is 14.6 Å². The minimum Gasteiger partial charge on any atom is -0.493 e. The molecule has 0 aliphatic carbocycles. The van der Waals surface area contributed by atoms with Gasteiger partial charge < -0.3 is 9.64 Å². The van der Waals surface area contributed by atoms with Crippen molar-refractivity contribution in [3.8, 4) is 5.75 Å². The second-order valence-electron chi connectivity index (χ2n) is 6.54. The molecule has 0 fully saturated rings. The standard InChI is InChI=1S/C20H23Cl2NO4S2/c1-14(28-19-12-15(21)8-9-18(19)22)20(24)23(2)10-5-11-27-16-6-4-7-17(13-16)29(3,25)26/h4,6-9,12-14H,5,10-11H2,1-3H3. The van der Waals surface area contributed by atoms with E-state index in [0.29, 0.717) is 35.4 Å². The first-order valence-electron chi connectivity index (χ1n) is 8.87. The molecular formula is C20H23Cl2NO4S2. The van der Waals surface area contributed by atoms with Gasteiger partial charge in [-0.15, -0.1) is 11.8 Å². The Kier molecular flexibility index (Phi) is 8.70. The number of hydrogen-bond donors (Lipinski definition) is 0. The molecule has 0 spiro atoms. The lowest BCUT2D eigenvalue weighted by Gasteiger charge is -2.21. The highest BCUT2D eigenvalue weighted by Crippen LogP contribution is 2.33. The monoisotopic (exact) mass is 475 g/mol. The van der Waals surface area contributed by atoms with E-state index in [4.69, 9.17) is 27.9 Å². The number of sulfone groups is 1. The molecule has 0 N–H and O–H groups in total. The van der Waals surface area contributed by atoms with Crippen molar-refractivity contribution in [3.63, 3.8) is 0 Å². The van der Waals surface area contributed by atoms with Crippen molar-refractivity contribution in [2.75, 3.05) is 26.5 Å². The van der Waals surface area contributed by atoms with Gasteiger partial charge in [-0.05, 0) is 49.7 Å². The molecule has 1 unspecified atom stereocenters. The third-order valence-electron chi connectivity index (χ3n) is 4.06. The van der Waals surface area contributed by atoms with Crippen molar-refractivity contribution in [1.82, 2.24) is 4.90 Å². The van der Waals surface area contributed by atoms with Crippen molar-refractivity contribution < 1.29 is 17.9 Å². The maximum absolute atomic E-state index is 12.6. The molecule has 29 heavy (non-hydrogen) atoms. The van der Waals surface area contributed by atoms with Gasteiger partial charge in [0.15, 0.2) is 9.84 Å². The first kappa shape index (κ1) is 23.9. The number of ether oxygens (including phenoxy) is 1. The highest BCUT2D eigenvalue weighted by molar-refractivity contribution is 8.00. The fraction of sp³-hybridized carbons (Fsp3) is 0.350. The topological polar surface area (TPSA) is 63.7 Å². The zero-order valence-electron chi connectivity index (χ0n) is 16.4. The van der Waals surface area contributed by atoms with Crippen LogP contribution in [0.3, 0.4) is 0 Å². The summed E-state index contributed by atoms with van der Waals surface area (Å²) in [6.07, 6.45) is 1.77. The largest absolute Gasteiger partial charge is 0.493 e. The fourth-order valence-electron chi connectivity index (χ4n) is 2.52. The first-order valence-corrected chi connectivity index (χ1v) is 12.4.